The SMILES string of the molecule is CCC.CN1CCc2nc[nH]c2C1. The normalized spacial score (nSPS) is 15.9. The minimum Gasteiger partial charge on any atom is -0.347 e. The van der Waals surface area contributed by atoms with Gasteiger partial charge in [-0.15, -0.1) is 0 Å². The fourth-order valence-corrected chi connectivity index (χ4v) is 1.35. The number of H-pyrrole nitrogens is 1. The van der Waals surface area contributed by atoms with Gasteiger partial charge in [0, 0.05) is 19.5 Å². The van der Waals surface area contributed by atoms with E-state index < -0.39 is 0 Å². The van der Waals surface area contributed by atoms with E-state index in [0.717, 1.165) is 19.5 Å². The Balaban J connectivity index is 0.000000251. The van der Waals surface area contributed by atoms with Crippen molar-refractivity contribution in [2.75, 3.05) is 13.6 Å². The van der Waals surface area contributed by atoms with Crippen molar-refractivity contribution in [3.63, 3.8) is 0 Å². The topological polar surface area (TPSA) is 31.9 Å². The van der Waals surface area contributed by atoms with E-state index in [1.807, 2.05) is 0 Å². The summed E-state index contributed by atoms with van der Waals surface area (Å²) < 4.78 is 0. The van der Waals surface area contributed by atoms with Crippen molar-refractivity contribution >= 4 is 0 Å². The lowest BCUT2D eigenvalue weighted by molar-refractivity contribution is 0.307. The molecule has 3 nitrogen and oxygen atoms in total. The third kappa shape index (κ3) is 2.84. The summed E-state index contributed by atoms with van der Waals surface area (Å²) in [7, 11) is 2.13. The maximum absolute atomic E-state index is 4.21. The number of aromatic nitrogens is 2. The van der Waals surface area contributed by atoms with Crippen molar-refractivity contribution in [3.8, 4) is 0 Å². The fourth-order valence-electron chi connectivity index (χ4n) is 1.35. The lowest BCUT2D eigenvalue weighted by atomic mass is 10.2. The molecule has 0 aliphatic carbocycles. The maximum atomic E-state index is 4.21. The molecule has 1 aromatic heterocycles. The molecule has 74 valence electrons. The van der Waals surface area contributed by atoms with Gasteiger partial charge in [-0.1, -0.05) is 20.3 Å². The first-order chi connectivity index (χ1) is 6.27. The zero-order valence-electron chi connectivity index (χ0n) is 8.80. The largest absolute Gasteiger partial charge is 0.347 e. The molecule has 0 spiro atoms. The first kappa shape index (κ1) is 10.3. The molecular formula is C10H19N3. The molecule has 1 aliphatic heterocycles. The number of nitrogens with one attached hydrogen (secondary N) is 1. The third-order valence-corrected chi connectivity index (χ3v) is 1.97. The van der Waals surface area contributed by atoms with Crippen molar-refractivity contribution in [3.05, 3.63) is 17.7 Å². The molecule has 0 radical (unpaired) electrons. The average molecular weight is 181 g/mol. The van der Waals surface area contributed by atoms with Crippen LogP contribution < -0.4 is 0 Å². The Bertz CT molecular complexity index is 242. The first-order valence-corrected chi connectivity index (χ1v) is 4.97. The van der Waals surface area contributed by atoms with Crippen LogP contribution in [0.2, 0.25) is 0 Å². The minimum atomic E-state index is 1.02. The maximum Gasteiger partial charge on any atom is 0.0925 e. The van der Waals surface area contributed by atoms with Crippen molar-refractivity contribution in [1.82, 2.24) is 14.9 Å². The zero-order valence-corrected chi connectivity index (χ0v) is 8.80. The van der Waals surface area contributed by atoms with Gasteiger partial charge in [-0.2, -0.15) is 0 Å². The van der Waals surface area contributed by atoms with Crippen LogP contribution in [-0.4, -0.2) is 28.5 Å². The third-order valence-electron chi connectivity index (χ3n) is 1.97. The highest BCUT2D eigenvalue weighted by Crippen LogP contribution is 2.12. The van der Waals surface area contributed by atoms with E-state index in [4.69, 9.17) is 0 Å². The van der Waals surface area contributed by atoms with E-state index in [0.29, 0.717) is 0 Å². The lowest BCUT2D eigenvalue weighted by Gasteiger charge is -2.20. The highest BCUT2D eigenvalue weighted by molar-refractivity contribution is 5.13. The van der Waals surface area contributed by atoms with Crippen LogP contribution in [0.15, 0.2) is 6.33 Å². The van der Waals surface area contributed by atoms with Crippen LogP contribution in [0.4, 0.5) is 0 Å². The minimum absolute atomic E-state index is 1.02. The Labute approximate surface area is 80.2 Å². The standard InChI is InChI=1S/C7H11N3.C3H8/c1-10-3-2-6-7(4-10)9-5-8-6;1-3-2/h5H,2-4H2,1H3,(H,8,9);3H2,1-2H3. The van der Waals surface area contributed by atoms with Crippen LogP contribution in [0.1, 0.15) is 31.7 Å². The molecule has 2 rings (SSSR count). The Morgan fingerprint density at radius 3 is 2.92 bits per heavy atom. The molecule has 1 N–H and O–H groups in total. The molecule has 0 fully saturated rings. The molecule has 0 aromatic carbocycles. The molecule has 1 aliphatic rings. The highest BCUT2D eigenvalue weighted by atomic mass is 15.1. The molecule has 0 unspecified atom stereocenters. The van der Waals surface area contributed by atoms with Crippen LogP contribution in [0.3, 0.4) is 0 Å². The van der Waals surface area contributed by atoms with Gasteiger partial charge in [0.15, 0.2) is 0 Å². The Kier molecular flexibility index (Phi) is 3.96. The van der Waals surface area contributed by atoms with Crippen LogP contribution in [-0.2, 0) is 13.0 Å². The van der Waals surface area contributed by atoms with Crippen molar-refractivity contribution < 1.29 is 0 Å². The quantitative estimate of drug-likeness (QED) is 0.662. The molecule has 0 atom stereocenters. The van der Waals surface area contributed by atoms with Gasteiger partial charge in [-0.05, 0) is 7.05 Å². The summed E-state index contributed by atoms with van der Waals surface area (Å²) in [6, 6.07) is 0. The molecule has 1 aromatic rings. The predicted molar refractivity (Wildman–Crippen MR) is 54.6 cm³/mol. The van der Waals surface area contributed by atoms with Crippen molar-refractivity contribution in [1.29, 1.82) is 0 Å². The van der Waals surface area contributed by atoms with E-state index in [-0.39, 0.29) is 0 Å². The van der Waals surface area contributed by atoms with E-state index in [1.165, 1.54) is 17.8 Å². The van der Waals surface area contributed by atoms with Gasteiger partial charge in [-0.25, -0.2) is 4.98 Å². The second-order valence-corrected chi connectivity index (χ2v) is 3.52. The Morgan fingerprint density at radius 2 is 2.23 bits per heavy atom. The molecule has 2 heterocycles. The molecule has 3 heteroatoms. The second kappa shape index (κ2) is 5.02. The molecule has 0 bridgehead atoms. The van der Waals surface area contributed by atoms with E-state index in [2.05, 4.69) is 35.8 Å². The Hall–Kier alpha value is -0.830. The van der Waals surface area contributed by atoms with Gasteiger partial charge in [0.05, 0.1) is 17.7 Å². The van der Waals surface area contributed by atoms with Gasteiger partial charge in [0.1, 0.15) is 0 Å². The lowest BCUT2D eigenvalue weighted by Crippen LogP contribution is -2.26. The molecule has 0 saturated heterocycles. The number of likely N-dealkylation sites (N-methyl/N-ethyl adjacent to an activating group) is 1. The number of nitrogens with zero attached hydrogens (tertiary/aromatic N) is 2. The van der Waals surface area contributed by atoms with Crippen molar-refractivity contribution in [2.45, 2.75) is 33.2 Å². The molecular weight excluding hydrogens is 162 g/mol. The Morgan fingerprint density at radius 1 is 1.54 bits per heavy atom. The molecule has 0 saturated carbocycles. The smallest absolute Gasteiger partial charge is 0.0925 e. The van der Waals surface area contributed by atoms with Gasteiger partial charge in [0.25, 0.3) is 0 Å². The zero-order chi connectivity index (χ0) is 9.68. The summed E-state index contributed by atoms with van der Waals surface area (Å²) in [6.45, 7) is 6.41. The number of rotatable bonds is 0. The van der Waals surface area contributed by atoms with Crippen LogP contribution in [0.5, 0.6) is 0 Å². The number of hydrogen-bond acceptors (Lipinski definition) is 2. The van der Waals surface area contributed by atoms with E-state index in [9.17, 15) is 0 Å². The van der Waals surface area contributed by atoms with Crippen LogP contribution in [0, 0.1) is 0 Å². The first-order valence-electron chi connectivity index (χ1n) is 4.97. The average Bonchev–Trinajstić information content (AvgIpc) is 2.52. The van der Waals surface area contributed by atoms with Gasteiger partial charge in [0.2, 0.25) is 0 Å². The van der Waals surface area contributed by atoms with Crippen LogP contribution in [0.25, 0.3) is 0 Å². The number of aromatic amines is 1. The highest BCUT2D eigenvalue weighted by Gasteiger charge is 2.13. The molecule has 13 heavy (non-hydrogen) atoms. The summed E-state index contributed by atoms with van der Waals surface area (Å²) in [4.78, 5) is 9.64. The fraction of sp³-hybridized carbons (Fsp3) is 0.700. The summed E-state index contributed by atoms with van der Waals surface area (Å²) in [5.41, 5.74) is 2.53. The summed E-state index contributed by atoms with van der Waals surface area (Å²) in [6.07, 6.45) is 4.12. The second-order valence-electron chi connectivity index (χ2n) is 3.52. The summed E-state index contributed by atoms with van der Waals surface area (Å²) in [5.74, 6) is 0. The monoisotopic (exact) mass is 181 g/mol. The van der Waals surface area contributed by atoms with E-state index in [1.54, 1.807) is 6.33 Å². The van der Waals surface area contributed by atoms with Gasteiger partial charge < -0.3 is 9.88 Å². The summed E-state index contributed by atoms with van der Waals surface area (Å²) in [5, 5.41) is 0. The van der Waals surface area contributed by atoms with E-state index >= 15 is 0 Å². The number of hydrogen-bond donors (Lipinski definition) is 1. The number of fused-ring (bicyclic) bond motifs is 1. The summed E-state index contributed by atoms with van der Waals surface area (Å²) >= 11 is 0. The predicted octanol–water partition coefficient (Wildman–Crippen LogP) is 1.81. The number of imidazole rings is 1. The van der Waals surface area contributed by atoms with Crippen LogP contribution >= 0.6 is 0 Å². The van der Waals surface area contributed by atoms with Crippen molar-refractivity contribution in [2.24, 2.45) is 0 Å². The van der Waals surface area contributed by atoms with Gasteiger partial charge >= 0.3 is 0 Å². The van der Waals surface area contributed by atoms with Gasteiger partial charge in [-0.3, -0.25) is 0 Å². The molecule has 0 amide bonds.